The number of aryl methyl sites for hydroxylation is 1. The predicted molar refractivity (Wildman–Crippen MR) is 87.7 cm³/mol. The van der Waals surface area contributed by atoms with Gasteiger partial charge in [0.2, 0.25) is 5.91 Å². The van der Waals surface area contributed by atoms with Gasteiger partial charge in [-0.15, -0.1) is 0 Å². The number of carbonyl (C=O) groups excluding carboxylic acids is 1. The van der Waals surface area contributed by atoms with Crippen LogP contribution in [0.4, 0.5) is 5.69 Å². The van der Waals surface area contributed by atoms with Crippen molar-refractivity contribution >= 4 is 23.2 Å². The summed E-state index contributed by atoms with van der Waals surface area (Å²) in [5.41, 5.74) is 3.09. The molecule has 0 aromatic heterocycles. The molecule has 2 N–H and O–H groups in total. The highest BCUT2D eigenvalue weighted by molar-refractivity contribution is 6.30. The first-order valence-electron chi connectivity index (χ1n) is 6.90. The van der Waals surface area contributed by atoms with Gasteiger partial charge in [0.15, 0.2) is 0 Å². The summed E-state index contributed by atoms with van der Waals surface area (Å²) in [7, 11) is 0. The Labute approximate surface area is 130 Å². The lowest BCUT2D eigenvalue weighted by Crippen LogP contribution is -2.30. The van der Waals surface area contributed by atoms with Crippen molar-refractivity contribution in [3.63, 3.8) is 0 Å². The maximum Gasteiger partial charge on any atom is 0.238 e. The second-order valence-electron chi connectivity index (χ2n) is 5.08. The minimum Gasteiger partial charge on any atom is -0.325 e. The molecule has 0 radical (unpaired) electrons. The quantitative estimate of drug-likeness (QED) is 0.878. The van der Waals surface area contributed by atoms with Crippen molar-refractivity contribution in [3.8, 4) is 0 Å². The Bertz CT molecular complexity index is 628. The number of hydrogen-bond acceptors (Lipinski definition) is 2. The van der Waals surface area contributed by atoms with Crippen LogP contribution in [0.15, 0.2) is 48.5 Å². The fraction of sp³-hybridized carbons (Fsp3) is 0.235. The average molecular weight is 303 g/mol. The van der Waals surface area contributed by atoms with Gasteiger partial charge in [0.1, 0.15) is 0 Å². The second-order valence-corrected chi connectivity index (χ2v) is 5.51. The molecule has 0 heterocycles. The van der Waals surface area contributed by atoms with Crippen LogP contribution in [-0.4, -0.2) is 12.5 Å². The molecule has 110 valence electrons. The lowest BCUT2D eigenvalue weighted by Gasteiger charge is -2.14. The van der Waals surface area contributed by atoms with Crippen molar-refractivity contribution in [3.05, 3.63) is 64.7 Å². The minimum absolute atomic E-state index is 0.0863. The number of nitrogens with one attached hydrogen (secondary N) is 2. The number of anilines is 1. The van der Waals surface area contributed by atoms with Crippen molar-refractivity contribution < 1.29 is 4.79 Å². The Kier molecular flexibility index (Phi) is 5.37. The first kappa shape index (κ1) is 15.5. The van der Waals surface area contributed by atoms with Gasteiger partial charge in [-0.2, -0.15) is 0 Å². The van der Waals surface area contributed by atoms with Gasteiger partial charge in [0, 0.05) is 16.8 Å². The fourth-order valence-corrected chi connectivity index (χ4v) is 2.26. The van der Waals surface area contributed by atoms with Crippen LogP contribution in [0.3, 0.4) is 0 Å². The summed E-state index contributed by atoms with van der Waals surface area (Å²) in [4.78, 5) is 11.9. The van der Waals surface area contributed by atoms with Gasteiger partial charge >= 0.3 is 0 Å². The molecule has 21 heavy (non-hydrogen) atoms. The molecule has 0 saturated carbocycles. The second kappa shape index (κ2) is 7.25. The minimum atomic E-state index is -0.0863. The molecule has 1 amide bonds. The summed E-state index contributed by atoms with van der Waals surface area (Å²) in [6.45, 7) is 4.35. The molecule has 2 rings (SSSR count). The number of amides is 1. The van der Waals surface area contributed by atoms with E-state index in [9.17, 15) is 4.79 Å². The van der Waals surface area contributed by atoms with Crippen LogP contribution < -0.4 is 10.6 Å². The van der Waals surface area contributed by atoms with Crippen molar-refractivity contribution in [1.82, 2.24) is 5.32 Å². The van der Waals surface area contributed by atoms with Crippen LogP contribution in [0, 0.1) is 6.92 Å². The third-order valence-corrected chi connectivity index (χ3v) is 3.45. The molecule has 0 aliphatic heterocycles. The van der Waals surface area contributed by atoms with Crippen LogP contribution >= 0.6 is 11.6 Å². The highest BCUT2D eigenvalue weighted by Crippen LogP contribution is 2.15. The maximum atomic E-state index is 11.9. The molecular formula is C17H19ClN2O. The molecular weight excluding hydrogens is 284 g/mol. The third kappa shape index (κ3) is 4.88. The Hall–Kier alpha value is -1.84. The molecule has 0 fully saturated rings. The summed E-state index contributed by atoms with van der Waals surface area (Å²) in [6, 6.07) is 15.5. The first-order valence-corrected chi connectivity index (χ1v) is 7.28. The number of rotatable bonds is 5. The van der Waals surface area contributed by atoms with Gasteiger partial charge < -0.3 is 10.6 Å². The molecule has 0 spiro atoms. The van der Waals surface area contributed by atoms with E-state index in [0.29, 0.717) is 10.7 Å². The van der Waals surface area contributed by atoms with Crippen LogP contribution in [0.1, 0.15) is 24.1 Å². The fourth-order valence-electron chi connectivity index (χ4n) is 2.07. The molecule has 1 atom stereocenters. The van der Waals surface area contributed by atoms with Crippen molar-refractivity contribution in [2.24, 2.45) is 0 Å². The lowest BCUT2D eigenvalue weighted by atomic mass is 10.1. The predicted octanol–water partition coefficient (Wildman–Crippen LogP) is 3.94. The van der Waals surface area contributed by atoms with Gasteiger partial charge in [-0.25, -0.2) is 0 Å². The van der Waals surface area contributed by atoms with Crippen molar-refractivity contribution in [2.75, 3.05) is 11.9 Å². The van der Waals surface area contributed by atoms with Gasteiger partial charge in [-0.1, -0.05) is 47.5 Å². The SMILES string of the molecule is Cc1cccc([C@H](C)NCC(=O)Nc2cccc(Cl)c2)c1. The molecule has 2 aromatic rings. The van der Waals surface area contributed by atoms with E-state index in [-0.39, 0.29) is 18.5 Å². The van der Waals surface area contributed by atoms with E-state index in [2.05, 4.69) is 35.8 Å². The van der Waals surface area contributed by atoms with Crippen LogP contribution in [0.5, 0.6) is 0 Å². The van der Waals surface area contributed by atoms with Crippen LogP contribution in [0.25, 0.3) is 0 Å². The van der Waals surface area contributed by atoms with E-state index >= 15 is 0 Å². The van der Waals surface area contributed by atoms with Crippen LogP contribution in [0.2, 0.25) is 5.02 Å². The van der Waals surface area contributed by atoms with Crippen molar-refractivity contribution in [1.29, 1.82) is 0 Å². The molecule has 2 aromatic carbocycles. The number of carbonyl (C=O) groups is 1. The molecule has 0 saturated heterocycles. The summed E-state index contributed by atoms with van der Waals surface area (Å²) in [5.74, 6) is -0.0863. The summed E-state index contributed by atoms with van der Waals surface area (Å²) < 4.78 is 0. The standard InChI is InChI=1S/C17H19ClN2O/c1-12-5-3-6-14(9-12)13(2)19-11-17(21)20-16-8-4-7-15(18)10-16/h3-10,13,19H,11H2,1-2H3,(H,20,21)/t13-/m0/s1. The van der Waals surface area contributed by atoms with Crippen molar-refractivity contribution in [2.45, 2.75) is 19.9 Å². The zero-order valence-corrected chi connectivity index (χ0v) is 12.9. The van der Waals surface area contributed by atoms with Gasteiger partial charge in [-0.3, -0.25) is 4.79 Å². The molecule has 3 nitrogen and oxygen atoms in total. The number of halogens is 1. The first-order chi connectivity index (χ1) is 10.0. The third-order valence-electron chi connectivity index (χ3n) is 3.22. The monoisotopic (exact) mass is 302 g/mol. The Morgan fingerprint density at radius 1 is 1.19 bits per heavy atom. The van der Waals surface area contributed by atoms with E-state index in [4.69, 9.17) is 11.6 Å². The summed E-state index contributed by atoms with van der Waals surface area (Å²) >= 11 is 5.88. The van der Waals surface area contributed by atoms with E-state index < -0.39 is 0 Å². The number of hydrogen-bond donors (Lipinski definition) is 2. The topological polar surface area (TPSA) is 41.1 Å². The molecule has 0 unspecified atom stereocenters. The summed E-state index contributed by atoms with van der Waals surface area (Å²) in [5, 5.41) is 6.64. The summed E-state index contributed by atoms with van der Waals surface area (Å²) in [6.07, 6.45) is 0. The largest absolute Gasteiger partial charge is 0.325 e. The van der Waals surface area contributed by atoms with Gasteiger partial charge in [-0.05, 0) is 37.6 Å². The van der Waals surface area contributed by atoms with Crippen LogP contribution in [-0.2, 0) is 4.79 Å². The molecule has 0 aliphatic rings. The molecule has 4 heteroatoms. The number of benzene rings is 2. The normalized spacial score (nSPS) is 12.0. The Morgan fingerprint density at radius 3 is 2.67 bits per heavy atom. The zero-order valence-electron chi connectivity index (χ0n) is 12.2. The zero-order chi connectivity index (χ0) is 15.2. The van der Waals surface area contributed by atoms with E-state index in [1.165, 1.54) is 11.1 Å². The van der Waals surface area contributed by atoms with E-state index in [1.807, 2.05) is 19.1 Å². The van der Waals surface area contributed by atoms with E-state index in [0.717, 1.165) is 0 Å². The molecule has 0 bridgehead atoms. The van der Waals surface area contributed by atoms with Gasteiger partial charge in [0.25, 0.3) is 0 Å². The van der Waals surface area contributed by atoms with Gasteiger partial charge in [0.05, 0.1) is 6.54 Å². The average Bonchev–Trinajstić information content (AvgIpc) is 2.45. The maximum absolute atomic E-state index is 11.9. The Balaban J connectivity index is 1.86. The lowest BCUT2D eigenvalue weighted by molar-refractivity contribution is -0.115. The highest BCUT2D eigenvalue weighted by Gasteiger charge is 2.08. The highest BCUT2D eigenvalue weighted by atomic mass is 35.5. The van der Waals surface area contributed by atoms with E-state index in [1.54, 1.807) is 18.2 Å². The molecule has 0 aliphatic carbocycles. The smallest absolute Gasteiger partial charge is 0.238 e. The Morgan fingerprint density at radius 2 is 1.95 bits per heavy atom.